The third-order valence-electron chi connectivity index (χ3n) is 7.34. The van der Waals surface area contributed by atoms with Crippen molar-refractivity contribution >= 4 is 6.08 Å². The number of allylic oxidation sites excluding steroid dienone is 5. The lowest BCUT2D eigenvalue weighted by atomic mass is 9.65. The first-order valence-electron chi connectivity index (χ1n) is 11.0. The van der Waals surface area contributed by atoms with Crippen LogP contribution in [0.2, 0.25) is 0 Å². The molecule has 0 bridgehead atoms. The Morgan fingerprint density at radius 2 is 1.33 bits per heavy atom. The fraction of sp³-hybridized carbons (Fsp3) is 0.200. The predicted octanol–water partition coefficient (Wildman–Crippen LogP) is 7.72. The molecule has 3 aliphatic carbocycles. The van der Waals surface area contributed by atoms with Gasteiger partial charge in [-0.25, -0.2) is 0 Å². The summed E-state index contributed by atoms with van der Waals surface area (Å²) in [4.78, 5) is 0. The number of rotatable bonds is 2. The van der Waals surface area contributed by atoms with Gasteiger partial charge < -0.3 is 0 Å². The smallest absolute Gasteiger partial charge is 0.0194 e. The van der Waals surface area contributed by atoms with Crippen LogP contribution in [-0.2, 0) is 6.42 Å². The molecule has 3 aliphatic rings. The van der Waals surface area contributed by atoms with Crippen LogP contribution in [0.4, 0.5) is 0 Å². The van der Waals surface area contributed by atoms with Gasteiger partial charge in [0, 0.05) is 11.3 Å². The molecule has 0 nitrogen and oxygen atoms in total. The maximum Gasteiger partial charge on any atom is 0.0194 e. The van der Waals surface area contributed by atoms with E-state index in [0.29, 0.717) is 5.92 Å². The van der Waals surface area contributed by atoms with E-state index in [1.807, 2.05) is 0 Å². The Balaban J connectivity index is 1.54. The second-order valence-electron chi connectivity index (χ2n) is 9.49. The van der Waals surface area contributed by atoms with Crippen molar-refractivity contribution in [2.24, 2.45) is 5.41 Å². The average Bonchev–Trinajstić information content (AvgIpc) is 3.26. The number of hydrogen-bond acceptors (Lipinski definition) is 0. The van der Waals surface area contributed by atoms with Crippen LogP contribution < -0.4 is 0 Å². The highest BCUT2D eigenvalue weighted by atomic mass is 14.5. The summed E-state index contributed by atoms with van der Waals surface area (Å²) in [5.74, 6) is 0.362. The molecule has 30 heavy (non-hydrogen) atoms. The van der Waals surface area contributed by atoms with Gasteiger partial charge in [-0.15, -0.1) is 0 Å². The molecule has 0 N–H and O–H groups in total. The maximum atomic E-state index is 2.45. The molecule has 0 saturated carbocycles. The maximum absolute atomic E-state index is 2.45. The summed E-state index contributed by atoms with van der Waals surface area (Å²) in [5.41, 5.74) is 14.4. The quantitative estimate of drug-likeness (QED) is 0.423. The van der Waals surface area contributed by atoms with Crippen LogP contribution >= 0.6 is 0 Å². The fourth-order valence-corrected chi connectivity index (χ4v) is 6.22. The molecular weight excluding hydrogens is 360 g/mol. The van der Waals surface area contributed by atoms with Gasteiger partial charge in [0.05, 0.1) is 0 Å². The summed E-state index contributed by atoms with van der Waals surface area (Å²) in [6, 6.07) is 26.8. The van der Waals surface area contributed by atoms with Gasteiger partial charge in [-0.05, 0) is 75.1 Å². The first-order valence-corrected chi connectivity index (χ1v) is 11.0. The van der Waals surface area contributed by atoms with Gasteiger partial charge in [0.25, 0.3) is 0 Å². The van der Waals surface area contributed by atoms with Crippen molar-refractivity contribution in [1.29, 1.82) is 0 Å². The largest absolute Gasteiger partial charge is 0.0619 e. The SMILES string of the molecule is CC1=C(C(C)(C)C2c3ccccc3-c3ccccc32)C2=Cc3ccccc3CC2=C1. The Hall–Kier alpha value is -3.12. The molecule has 146 valence electrons. The molecule has 3 aromatic carbocycles. The number of hydrogen-bond donors (Lipinski definition) is 0. The van der Waals surface area contributed by atoms with E-state index < -0.39 is 0 Å². The Kier molecular flexibility index (Phi) is 3.65. The van der Waals surface area contributed by atoms with E-state index in [1.54, 1.807) is 0 Å². The summed E-state index contributed by atoms with van der Waals surface area (Å²) in [6.07, 6.45) is 5.91. The molecule has 0 aromatic heterocycles. The molecule has 3 aromatic rings. The van der Waals surface area contributed by atoms with E-state index in [0.717, 1.165) is 6.42 Å². The highest BCUT2D eigenvalue weighted by Crippen LogP contribution is 2.59. The van der Waals surface area contributed by atoms with Gasteiger partial charge in [-0.2, -0.15) is 0 Å². The highest BCUT2D eigenvalue weighted by molar-refractivity contribution is 5.82. The number of fused-ring (bicyclic) bond motifs is 5. The average molecular weight is 387 g/mol. The van der Waals surface area contributed by atoms with Crippen molar-refractivity contribution in [3.63, 3.8) is 0 Å². The third-order valence-corrected chi connectivity index (χ3v) is 7.34. The fourth-order valence-electron chi connectivity index (χ4n) is 6.22. The van der Waals surface area contributed by atoms with E-state index >= 15 is 0 Å². The third kappa shape index (κ3) is 2.34. The monoisotopic (exact) mass is 386 g/mol. The zero-order valence-electron chi connectivity index (χ0n) is 17.9. The summed E-state index contributed by atoms with van der Waals surface area (Å²) >= 11 is 0. The topological polar surface area (TPSA) is 0 Å². The van der Waals surface area contributed by atoms with Crippen molar-refractivity contribution in [2.75, 3.05) is 0 Å². The lowest BCUT2D eigenvalue weighted by Gasteiger charge is -2.37. The Bertz CT molecular complexity index is 1250. The van der Waals surface area contributed by atoms with Gasteiger partial charge in [-0.1, -0.05) is 92.7 Å². The van der Waals surface area contributed by atoms with Gasteiger partial charge in [-0.3, -0.25) is 0 Å². The van der Waals surface area contributed by atoms with Crippen LogP contribution in [-0.4, -0.2) is 0 Å². The molecule has 0 radical (unpaired) electrons. The van der Waals surface area contributed by atoms with Gasteiger partial charge in [0.15, 0.2) is 0 Å². The zero-order valence-corrected chi connectivity index (χ0v) is 17.9. The molecule has 0 unspecified atom stereocenters. The van der Waals surface area contributed by atoms with E-state index in [9.17, 15) is 0 Å². The first-order chi connectivity index (χ1) is 14.6. The Labute approximate surface area is 179 Å². The van der Waals surface area contributed by atoms with Crippen molar-refractivity contribution in [3.05, 3.63) is 123 Å². The molecular formula is C30H26. The molecule has 6 rings (SSSR count). The molecule has 0 amide bonds. The first kappa shape index (κ1) is 17.7. The Morgan fingerprint density at radius 3 is 2.03 bits per heavy atom. The van der Waals surface area contributed by atoms with Gasteiger partial charge >= 0.3 is 0 Å². The summed E-state index contributed by atoms with van der Waals surface area (Å²) < 4.78 is 0. The molecule has 0 aliphatic heterocycles. The van der Waals surface area contributed by atoms with Crippen LogP contribution in [0.5, 0.6) is 0 Å². The number of benzene rings is 3. The van der Waals surface area contributed by atoms with E-state index in [2.05, 4.69) is 106 Å². The van der Waals surface area contributed by atoms with Crippen molar-refractivity contribution in [1.82, 2.24) is 0 Å². The predicted molar refractivity (Wildman–Crippen MR) is 126 cm³/mol. The molecule has 0 saturated heterocycles. The van der Waals surface area contributed by atoms with Crippen molar-refractivity contribution in [3.8, 4) is 11.1 Å². The van der Waals surface area contributed by atoms with Crippen LogP contribution in [0, 0.1) is 5.41 Å². The van der Waals surface area contributed by atoms with Crippen LogP contribution in [0.15, 0.2) is 101 Å². The van der Waals surface area contributed by atoms with Gasteiger partial charge in [0.1, 0.15) is 0 Å². The summed E-state index contributed by atoms with van der Waals surface area (Å²) in [7, 11) is 0. The molecule has 0 atom stereocenters. The van der Waals surface area contributed by atoms with E-state index in [-0.39, 0.29) is 5.41 Å². The van der Waals surface area contributed by atoms with Crippen molar-refractivity contribution < 1.29 is 0 Å². The van der Waals surface area contributed by atoms with E-state index in [1.165, 1.54) is 55.7 Å². The van der Waals surface area contributed by atoms with Crippen molar-refractivity contribution in [2.45, 2.75) is 33.1 Å². The van der Waals surface area contributed by atoms with Crippen LogP contribution in [0.25, 0.3) is 17.2 Å². The second kappa shape index (κ2) is 6.19. The van der Waals surface area contributed by atoms with Gasteiger partial charge in [0.2, 0.25) is 0 Å². The molecule has 0 heterocycles. The summed E-state index contributed by atoms with van der Waals surface area (Å²) in [6.45, 7) is 7.21. The molecule has 0 spiro atoms. The van der Waals surface area contributed by atoms with Crippen LogP contribution in [0.1, 0.15) is 48.9 Å². The van der Waals surface area contributed by atoms with Crippen LogP contribution in [0.3, 0.4) is 0 Å². The lowest BCUT2D eigenvalue weighted by molar-refractivity contribution is 0.398. The Morgan fingerprint density at radius 1 is 0.733 bits per heavy atom. The molecule has 0 heteroatoms. The standard InChI is InChI=1S/C30H26/c1-19-16-22-17-20-10-4-5-11-21(20)18-27(22)28(19)30(2,3)29-25-14-8-6-12-23(25)24-13-7-9-15-26(24)29/h4-16,18,29H,17H2,1-3H3. The second-order valence-corrected chi connectivity index (χ2v) is 9.49. The lowest BCUT2D eigenvalue weighted by Crippen LogP contribution is -2.26. The normalized spacial score (nSPS) is 17.2. The summed E-state index contributed by atoms with van der Waals surface area (Å²) in [5, 5.41) is 0. The zero-order chi connectivity index (χ0) is 20.5. The minimum Gasteiger partial charge on any atom is -0.0619 e. The van der Waals surface area contributed by atoms with E-state index in [4.69, 9.17) is 0 Å². The molecule has 0 fully saturated rings. The minimum absolute atomic E-state index is 0.0108. The highest BCUT2D eigenvalue weighted by Gasteiger charge is 2.44. The minimum atomic E-state index is -0.0108.